The maximum absolute atomic E-state index is 11.7. The number of hydrogen-bond donors (Lipinski definition) is 1. The van der Waals surface area contributed by atoms with Crippen LogP contribution in [0.2, 0.25) is 0 Å². The molecule has 2 N–H and O–H groups in total. The van der Waals surface area contributed by atoms with Gasteiger partial charge < -0.3 is 9.15 Å². The van der Waals surface area contributed by atoms with Crippen LogP contribution in [0.15, 0.2) is 16.9 Å². The van der Waals surface area contributed by atoms with E-state index in [-0.39, 0.29) is 5.89 Å². The lowest BCUT2D eigenvalue weighted by Gasteiger charge is -2.23. The third-order valence-corrected chi connectivity index (χ3v) is 2.00. The minimum Gasteiger partial charge on any atom is -0.442 e. The minimum atomic E-state index is -1.32. The topological polar surface area (TPSA) is 78.4 Å². The Labute approximate surface area is 82.2 Å². The van der Waals surface area contributed by atoms with Crippen LogP contribution in [0.1, 0.15) is 30.5 Å². The third-order valence-electron chi connectivity index (χ3n) is 2.00. The van der Waals surface area contributed by atoms with E-state index >= 15 is 0 Å². The maximum atomic E-state index is 11.7. The molecule has 1 rings (SSSR count). The summed E-state index contributed by atoms with van der Waals surface area (Å²) in [6.45, 7) is 1.92. The van der Waals surface area contributed by atoms with Gasteiger partial charge in [-0.2, -0.15) is 0 Å². The van der Waals surface area contributed by atoms with Gasteiger partial charge in [0.2, 0.25) is 0 Å². The lowest BCUT2D eigenvalue weighted by atomic mass is 10.0. The molecule has 1 aromatic rings. The number of Topliss-reactive ketones (excluding diaryl/α,β-unsaturated/α-hetero) is 1. The predicted molar refractivity (Wildman–Crippen MR) is 49.7 cm³/mol. The number of carbonyl (C=O) groups excluding carboxylic acids is 1. The number of nitrogens with two attached hydrogens (primary N) is 1. The molecule has 1 heterocycles. The average Bonchev–Trinajstić information content (AvgIpc) is 2.69. The lowest BCUT2D eigenvalue weighted by molar-refractivity contribution is -0.00247. The van der Waals surface area contributed by atoms with Crippen LogP contribution >= 0.6 is 0 Å². The molecule has 0 spiro atoms. The van der Waals surface area contributed by atoms with Gasteiger partial charge in [-0.25, -0.2) is 4.98 Å². The molecule has 78 valence electrons. The summed E-state index contributed by atoms with van der Waals surface area (Å²) in [6, 6.07) is 0. The van der Waals surface area contributed by atoms with E-state index in [2.05, 4.69) is 4.98 Å². The Morgan fingerprint density at radius 3 is 2.93 bits per heavy atom. The van der Waals surface area contributed by atoms with Gasteiger partial charge in [-0.15, -0.1) is 0 Å². The molecule has 5 heteroatoms. The van der Waals surface area contributed by atoms with Gasteiger partial charge in [0.1, 0.15) is 6.26 Å². The summed E-state index contributed by atoms with van der Waals surface area (Å²) in [5, 5.41) is 0. The molecule has 0 bridgehead atoms. The van der Waals surface area contributed by atoms with Crippen LogP contribution in [-0.2, 0) is 4.74 Å². The Morgan fingerprint density at radius 2 is 2.50 bits per heavy atom. The number of rotatable bonds is 5. The van der Waals surface area contributed by atoms with Gasteiger partial charge >= 0.3 is 0 Å². The van der Waals surface area contributed by atoms with Crippen LogP contribution < -0.4 is 5.73 Å². The van der Waals surface area contributed by atoms with Crippen molar-refractivity contribution in [2.24, 2.45) is 5.73 Å². The number of methoxy groups -OCH3 is 1. The minimum absolute atomic E-state index is 0.0113. The number of hydrogen-bond acceptors (Lipinski definition) is 5. The van der Waals surface area contributed by atoms with Crippen LogP contribution in [0.5, 0.6) is 0 Å². The van der Waals surface area contributed by atoms with Crippen LogP contribution in [0, 0.1) is 0 Å². The highest BCUT2D eigenvalue weighted by Gasteiger charge is 2.36. The average molecular weight is 198 g/mol. The summed E-state index contributed by atoms with van der Waals surface area (Å²) in [5.41, 5.74) is 4.45. The summed E-state index contributed by atoms with van der Waals surface area (Å²) in [7, 11) is 1.40. The number of oxazole rings is 1. The molecule has 0 unspecified atom stereocenters. The molecule has 0 aliphatic heterocycles. The van der Waals surface area contributed by atoms with Crippen LogP contribution in [0.3, 0.4) is 0 Å². The van der Waals surface area contributed by atoms with Gasteiger partial charge in [-0.05, 0) is 6.42 Å². The first-order chi connectivity index (χ1) is 6.64. The smallest absolute Gasteiger partial charge is 0.267 e. The number of ether oxygens (including phenoxy) is 1. The fraction of sp³-hybridized carbons (Fsp3) is 0.556. The number of carbonyl (C=O) groups is 1. The molecule has 0 fully saturated rings. The molecule has 0 radical (unpaired) electrons. The molecule has 1 atom stereocenters. The first kappa shape index (κ1) is 10.9. The molecule has 0 aliphatic rings. The Balaban J connectivity index is 2.85. The molecule has 5 nitrogen and oxygen atoms in total. The Hall–Kier alpha value is -1.20. The molecular formula is C9H14N2O3. The van der Waals surface area contributed by atoms with E-state index in [1.165, 1.54) is 19.6 Å². The van der Waals surface area contributed by atoms with Crippen molar-refractivity contribution in [3.05, 3.63) is 18.4 Å². The van der Waals surface area contributed by atoms with E-state index in [1.54, 1.807) is 0 Å². The van der Waals surface area contributed by atoms with E-state index in [0.717, 1.165) is 6.42 Å². The van der Waals surface area contributed by atoms with Crippen molar-refractivity contribution in [2.45, 2.75) is 25.5 Å². The molecule has 0 aromatic carbocycles. The summed E-state index contributed by atoms with van der Waals surface area (Å²) >= 11 is 0. The van der Waals surface area contributed by atoms with Crippen molar-refractivity contribution in [1.82, 2.24) is 4.98 Å². The van der Waals surface area contributed by atoms with Gasteiger partial charge in [-0.1, -0.05) is 13.3 Å². The Morgan fingerprint density at radius 1 is 1.79 bits per heavy atom. The highest BCUT2D eigenvalue weighted by atomic mass is 16.5. The summed E-state index contributed by atoms with van der Waals surface area (Å²) in [5.74, 6) is -0.436. The highest BCUT2D eigenvalue weighted by Crippen LogP contribution is 2.16. The van der Waals surface area contributed by atoms with Gasteiger partial charge in [0.05, 0.1) is 6.20 Å². The fourth-order valence-corrected chi connectivity index (χ4v) is 1.20. The van der Waals surface area contributed by atoms with Gasteiger partial charge in [0.25, 0.3) is 11.7 Å². The summed E-state index contributed by atoms with van der Waals surface area (Å²) in [4.78, 5) is 15.5. The van der Waals surface area contributed by atoms with E-state index in [0.29, 0.717) is 6.42 Å². The zero-order valence-corrected chi connectivity index (χ0v) is 8.32. The molecular weight excluding hydrogens is 184 g/mol. The summed E-state index contributed by atoms with van der Waals surface area (Å²) in [6.07, 6.45) is 3.91. The number of ketones is 1. The van der Waals surface area contributed by atoms with Crippen molar-refractivity contribution >= 4 is 5.78 Å². The Kier molecular flexibility index (Phi) is 3.38. The van der Waals surface area contributed by atoms with Crippen molar-refractivity contribution in [3.8, 4) is 0 Å². The maximum Gasteiger partial charge on any atom is 0.267 e. The normalized spacial score (nSPS) is 15.1. The molecule has 0 aliphatic carbocycles. The zero-order valence-electron chi connectivity index (χ0n) is 8.32. The predicted octanol–water partition coefficient (Wildman–Crippen LogP) is 0.959. The molecule has 0 amide bonds. The molecule has 0 saturated heterocycles. The van der Waals surface area contributed by atoms with Crippen molar-refractivity contribution in [2.75, 3.05) is 7.11 Å². The van der Waals surface area contributed by atoms with E-state index in [9.17, 15) is 4.79 Å². The first-order valence-electron chi connectivity index (χ1n) is 4.42. The van der Waals surface area contributed by atoms with E-state index in [1.807, 2.05) is 6.92 Å². The van der Waals surface area contributed by atoms with Crippen LogP contribution in [0.25, 0.3) is 0 Å². The van der Waals surface area contributed by atoms with Gasteiger partial charge in [0.15, 0.2) is 5.72 Å². The van der Waals surface area contributed by atoms with Crippen LogP contribution in [0.4, 0.5) is 0 Å². The molecule has 0 saturated carbocycles. The molecule has 14 heavy (non-hydrogen) atoms. The standard InChI is InChI=1S/C9H14N2O3/c1-3-4-9(10,13-2)7(12)8-11-5-6-14-8/h5-6H,3-4,10H2,1-2H3/t9-/m1/s1. The summed E-state index contributed by atoms with van der Waals surface area (Å²) < 4.78 is 9.86. The second-order valence-corrected chi connectivity index (χ2v) is 3.01. The van der Waals surface area contributed by atoms with Gasteiger partial charge in [-0.3, -0.25) is 10.5 Å². The quantitative estimate of drug-likeness (QED) is 0.563. The van der Waals surface area contributed by atoms with Crippen molar-refractivity contribution in [1.29, 1.82) is 0 Å². The van der Waals surface area contributed by atoms with Gasteiger partial charge in [0, 0.05) is 7.11 Å². The van der Waals surface area contributed by atoms with E-state index < -0.39 is 11.5 Å². The number of nitrogens with zero attached hydrogens (tertiary/aromatic N) is 1. The van der Waals surface area contributed by atoms with Crippen LogP contribution in [-0.4, -0.2) is 23.6 Å². The van der Waals surface area contributed by atoms with Crippen molar-refractivity contribution < 1.29 is 13.9 Å². The second-order valence-electron chi connectivity index (χ2n) is 3.01. The van der Waals surface area contributed by atoms with E-state index in [4.69, 9.17) is 14.9 Å². The zero-order chi connectivity index (χ0) is 10.6. The largest absolute Gasteiger partial charge is 0.442 e. The SMILES string of the molecule is CCC[C@@](N)(OC)C(=O)c1ncco1. The lowest BCUT2D eigenvalue weighted by Crippen LogP contribution is -2.49. The second kappa shape index (κ2) is 4.34. The third kappa shape index (κ3) is 2.00. The highest BCUT2D eigenvalue weighted by molar-refractivity contribution is 5.98. The monoisotopic (exact) mass is 198 g/mol. The fourth-order valence-electron chi connectivity index (χ4n) is 1.20. The Bertz CT molecular complexity index is 297. The molecule has 1 aromatic heterocycles. The van der Waals surface area contributed by atoms with Crippen molar-refractivity contribution in [3.63, 3.8) is 0 Å². The number of aromatic nitrogens is 1. The first-order valence-corrected chi connectivity index (χ1v) is 4.42.